The van der Waals surface area contributed by atoms with Crippen LogP contribution in [0.1, 0.15) is 81.2 Å². The molecule has 5 nitrogen and oxygen atoms in total. The Hall–Kier alpha value is -3.08. The fraction of sp³-hybridized carbons (Fsp3) is 0.448. The van der Waals surface area contributed by atoms with Crippen molar-refractivity contribution in [1.29, 1.82) is 0 Å². The number of likely N-dealkylation sites (tertiary alicyclic amines) is 1. The number of Topliss-reactive ketones (excluding diaryl/α,β-unsaturated/α-hetero) is 1. The van der Waals surface area contributed by atoms with Crippen molar-refractivity contribution in [2.45, 2.75) is 84.4 Å². The second kappa shape index (κ2) is 10.0. The maximum Gasteiger partial charge on any atom is 0.295 e. The molecule has 2 aromatic carbocycles. The highest BCUT2D eigenvalue weighted by molar-refractivity contribution is 6.46. The Morgan fingerprint density at radius 1 is 1.06 bits per heavy atom. The lowest BCUT2D eigenvalue weighted by Gasteiger charge is -2.35. The lowest BCUT2D eigenvalue weighted by atomic mass is 9.90. The van der Waals surface area contributed by atoms with Gasteiger partial charge >= 0.3 is 0 Å². The smallest absolute Gasteiger partial charge is 0.295 e. The molecule has 0 aromatic heterocycles. The first kappa shape index (κ1) is 24.1. The van der Waals surface area contributed by atoms with Crippen molar-refractivity contribution in [2.24, 2.45) is 0 Å². The minimum atomic E-state index is -0.604. The number of hydrogen-bond donors (Lipinski definition) is 1. The SMILES string of the molecule is CCc1ccc(C2/C(=C(/O)c3ccc(OC(C)C)c(C)c3)C(=O)C(=O)N2C2CCCCC2)cc1. The van der Waals surface area contributed by atoms with E-state index in [0.29, 0.717) is 5.56 Å². The molecule has 1 saturated heterocycles. The Kier molecular flexibility index (Phi) is 7.11. The minimum absolute atomic E-state index is 0.00917. The van der Waals surface area contributed by atoms with E-state index in [9.17, 15) is 14.7 Å². The second-order valence-corrected chi connectivity index (χ2v) is 9.74. The summed E-state index contributed by atoms with van der Waals surface area (Å²) in [5.74, 6) is -0.497. The van der Waals surface area contributed by atoms with Crippen molar-refractivity contribution >= 4 is 17.4 Å². The molecule has 1 aliphatic carbocycles. The zero-order chi connectivity index (χ0) is 24.4. The van der Waals surface area contributed by atoms with Crippen LogP contribution in [-0.4, -0.2) is 33.8 Å². The first-order valence-electron chi connectivity index (χ1n) is 12.5. The maximum absolute atomic E-state index is 13.3. The Morgan fingerprint density at radius 3 is 2.32 bits per heavy atom. The van der Waals surface area contributed by atoms with Gasteiger partial charge < -0.3 is 14.7 Å². The van der Waals surface area contributed by atoms with Gasteiger partial charge in [-0.05, 0) is 74.9 Å². The quantitative estimate of drug-likeness (QED) is 0.321. The van der Waals surface area contributed by atoms with Gasteiger partial charge in [-0.2, -0.15) is 0 Å². The van der Waals surface area contributed by atoms with Gasteiger partial charge in [-0.1, -0.05) is 50.5 Å². The molecule has 1 N–H and O–H groups in total. The third-order valence-corrected chi connectivity index (χ3v) is 6.96. The van der Waals surface area contributed by atoms with Gasteiger partial charge in [0.25, 0.3) is 11.7 Å². The fourth-order valence-corrected chi connectivity index (χ4v) is 5.19. The molecule has 1 heterocycles. The number of rotatable bonds is 6. The lowest BCUT2D eigenvalue weighted by Crippen LogP contribution is -2.40. The molecule has 2 fully saturated rings. The molecule has 180 valence electrons. The van der Waals surface area contributed by atoms with Crippen LogP contribution in [0, 0.1) is 6.92 Å². The molecule has 2 aliphatic rings. The van der Waals surface area contributed by atoms with Crippen LogP contribution in [0.3, 0.4) is 0 Å². The van der Waals surface area contributed by atoms with Crippen molar-refractivity contribution in [1.82, 2.24) is 4.90 Å². The van der Waals surface area contributed by atoms with Gasteiger partial charge in [0.15, 0.2) is 0 Å². The summed E-state index contributed by atoms with van der Waals surface area (Å²) in [6.45, 7) is 7.93. The molecule has 1 atom stereocenters. The van der Waals surface area contributed by atoms with Crippen LogP contribution in [0.15, 0.2) is 48.0 Å². The minimum Gasteiger partial charge on any atom is -0.507 e. The van der Waals surface area contributed by atoms with Crippen LogP contribution in [0.2, 0.25) is 0 Å². The van der Waals surface area contributed by atoms with Gasteiger partial charge in [0.2, 0.25) is 0 Å². The number of aryl methyl sites for hydroxylation is 2. The third-order valence-electron chi connectivity index (χ3n) is 6.96. The summed E-state index contributed by atoms with van der Waals surface area (Å²) in [6, 6.07) is 12.9. The van der Waals surface area contributed by atoms with E-state index in [2.05, 4.69) is 6.92 Å². The van der Waals surface area contributed by atoms with Crippen LogP contribution in [-0.2, 0) is 16.0 Å². The van der Waals surface area contributed by atoms with Crippen LogP contribution >= 0.6 is 0 Å². The lowest BCUT2D eigenvalue weighted by molar-refractivity contribution is -0.141. The van der Waals surface area contributed by atoms with Gasteiger partial charge in [0.05, 0.1) is 17.7 Å². The predicted octanol–water partition coefficient (Wildman–Crippen LogP) is 6.10. The number of ether oxygens (including phenoxy) is 1. The number of aliphatic hydroxyl groups excluding tert-OH is 1. The highest BCUT2D eigenvalue weighted by atomic mass is 16.5. The van der Waals surface area contributed by atoms with Crippen LogP contribution < -0.4 is 4.74 Å². The van der Waals surface area contributed by atoms with E-state index in [1.54, 1.807) is 11.0 Å². The van der Waals surface area contributed by atoms with E-state index in [4.69, 9.17) is 4.74 Å². The summed E-state index contributed by atoms with van der Waals surface area (Å²) in [7, 11) is 0. The van der Waals surface area contributed by atoms with Gasteiger partial charge in [-0.25, -0.2) is 0 Å². The van der Waals surface area contributed by atoms with Gasteiger partial charge in [-0.3, -0.25) is 9.59 Å². The summed E-state index contributed by atoms with van der Waals surface area (Å²) >= 11 is 0. The highest BCUT2D eigenvalue weighted by Gasteiger charge is 2.48. The molecule has 0 radical (unpaired) electrons. The average Bonchev–Trinajstić information content (AvgIpc) is 3.10. The van der Waals surface area contributed by atoms with E-state index in [1.807, 2.05) is 57.2 Å². The van der Waals surface area contributed by atoms with Crippen molar-refractivity contribution in [3.05, 3.63) is 70.3 Å². The molecule has 1 saturated carbocycles. The molecule has 0 spiro atoms. The number of carbonyl (C=O) groups excluding carboxylic acids is 2. The molecule has 4 rings (SSSR count). The van der Waals surface area contributed by atoms with E-state index in [0.717, 1.165) is 55.4 Å². The molecule has 34 heavy (non-hydrogen) atoms. The van der Waals surface area contributed by atoms with Crippen LogP contribution in [0.4, 0.5) is 0 Å². The third kappa shape index (κ3) is 4.61. The fourth-order valence-electron chi connectivity index (χ4n) is 5.19. The van der Waals surface area contributed by atoms with E-state index < -0.39 is 17.7 Å². The van der Waals surface area contributed by atoms with Crippen molar-refractivity contribution in [2.75, 3.05) is 0 Å². The molecule has 1 amide bonds. The predicted molar refractivity (Wildman–Crippen MR) is 134 cm³/mol. The topological polar surface area (TPSA) is 66.8 Å². The first-order chi connectivity index (χ1) is 16.3. The van der Waals surface area contributed by atoms with Crippen molar-refractivity contribution in [3.63, 3.8) is 0 Å². The average molecular weight is 462 g/mol. The molecular weight excluding hydrogens is 426 g/mol. The molecule has 1 unspecified atom stereocenters. The van der Waals surface area contributed by atoms with E-state index in [1.165, 1.54) is 5.56 Å². The van der Waals surface area contributed by atoms with E-state index >= 15 is 0 Å². The number of carbonyl (C=O) groups is 2. The molecule has 0 bridgehead atoms. The highest BCUT2D eigenvalue weighted by Crippen LogP contribution is 2.43. The number of ketones is 1. The van der Waals surface area contributed by atoms with E-state index in [-0.39, 0.29) is 23.5 Å². The zero-order valence-corrected chi connectivity index (χ0v) is 20.6. The first-order valence-corrected chi connectivity index (χ1v) is 12.5. The number of amides is 1. The van der Waals surface area contributed by atoms with Gasteiger partial charge in [0.1, 0.15) is 11.5 Å². The number of aliphatic hydroxyl groups is 1. The monoisotopic (exact) mass is 461 g/mol. The van der Waals surface area contributed by atoms with Crippen molar-refractivity contribution in [3.8, 4) is 5.75 Å². The summed E-state index contributed by atoms with van der Waals surface area (Å²) in [5, 5.41) is 11.4. The normalized spacial score (nSPS) is 20.9. The zero-order valence-electron chi connectivity index (χ0n) is 20.6. The Labute approximate surface area is 202 Å². The summed E-state index contributed by atoms with van der Waals surface area (Å²) in [5.41, 5.74) is 3.61. The summed E-state index contributed by atoms with van der Waals surface area (Å²) < 4.78 is 5.83. The largest absolute Gasteiger partial charge is 0.507 e. The Bertz CT molecular complexity index is 1090. The molecule has 2 aromatic rings. The molecular formula is C29H35NO4. The Morgan fingerprint density at radius 2 is 1.74 bits per heavy atom. The molecule has 1 aliphatic heterocycles. The summed E-state index contributed by atoms with van der Waals surface area (Å²) in [6.07, 6.45) is 5.96. The van der Waals surface area contributed by atoms with Crippen molar-refractivity contribution < 1.29 is 19.4 Å². The summed E-state index contributed by atoms with van der Waals surface area (Å²) in [4.78, 5) is 28.4. The van der Waals surface area contributed by atoms with Crippen LogP contribution in [0.25, 0.3) is 5.76 Å². The second-order valence-electron chi connectivity index (χ2n) is 9.74. The maximum atomic E-state index is 13.3. The van der Waals surface area contributed by atoms with Crippen LogP contribution in [0.5, 0.6) is 5.75 Å². The molecule has 5 heteroatoms. The van der Waals surface area contributed by atoms with Gasteiger partial charge in [-0.15, -0.1) is 0 Å². The van der Waals surface area contributed by atoms with Gasteiger partial charge in [0, 0.05) is 11.6 Å². The number of nitrogens with zero attached hydrogens (tertiary/aromatic N) is 1. The standard InChI is InChI=1S/C29H35NO4/c1-5-20-11-13-21(14-12-20)26-25(28(32)29(33)30(26)23-9-7-6-8-10-23)27(31)22-15-16-24(19(4)17-22)34-18(2)3/h11-18,23,26,31H,5-10H2,1-4H3/b27-25-. The Balaban J connectivity index is 1.82. The number of benzene rings is 2. The number of hydrogen-bond acceptors (Lipinski definition) is 4.